The average molecular weight is 290 g/mol. The quantitative estimate of drug-likeness (QED) is 0.769. The van der Waals surface area contributed by atoms with Crippen molar-refractivity contribution in [2.75, 3.05) is 5.32 Å². The van der Waals surface area contributed by atoms with Gasteiger partial charge in [0.1, 0.15) is 6.33 Å². The Balaban J connectivity index is 1.87. The Hall–Kier alpha value is -2.41. The van der Waals surface area contributed by atoms with Crippen molar-refractivity contribution < 1.29 is 0 Å². The van der Waals surface area contributed by atoms with Crippen LogP contribution in [0.5, 0.6) is 0 Å². The number of tetrazole rings is 1. The summed E-state index contributed by atoms with van der Waals surface area (Å²) >= 11 is 6.21. The molecule has 0 radical (unpaired) electrons. The highest BCUT2D eigenvalue weighted by atomic mass is 35.5. The van der Waals surface area contributed by atoms with E-state index in [1.807, 2.05) is 25.1 Å². The molecule has 1 unspecified atom stereocenters. The molecule has 2 N–H and O–H groups in total. The third kappa shape index (κ3) is 2.48. The standard InChI is InChI=1S/C12H12ClN7/c1-8(11-4-5-14-17-11)16-12-6-9(2-3-10(12)13)20-7-15-18-19-20/h2-8,16H,1H3,(H,14,17). The first kappa shape index (κ1) is 12.6. The van der Waals surface area contributed by atoms with Gasteiger partial charge in [0.2, 0.25) is 0 Å². The van der Waals surface area contributed by atoms with Crippen molar-refractivity contribution in [3.8, 4) is 5.69 Å². The summed E-state index contributed by atoms with van der Waals surface area (Å²) < 4.78 is 1.57. The van der Waals surface area contributed by atoms with E-state index in [4.69, 9.17) is 11.6 Å². The van der Waals surface area contributed by atoms with Crippen molar-refractivity contribution in [3.63, 3.8) is 0 Å². The highest BCUT2D eigenvalue weighted by Crippen LogP contribution is 2.27. The molecule has 102 valence electrons. The van der Waals surface area contributed by atoms with Gasteiger partial charge < -0.3 is 5.32 Å². The molecule has 3 rings (SSSR count). The molecule has 2 heterocycles. The molecule has 0 amide bonds. The molecule has 1 aromatic carbocycles. The minimum Gasteiger partial charge on any atom is -0.376 e. The number of benzene rings is 1. The fourth-order valence-corrected chi connectivity index (χ4v) is 2.04. The lowest BCUT2D eigenvalue weighted by Gasteiger charge is -2.15. The molecule has 0 aliphatic heterocycles. The van der Waals surface area contributed by atoms with E-state index in [9.17, 15) is 0 Å². The number of aromatic nitrogens is 6. The Kier molecular flexibility index (Phi) is 3.34. The lowest BCUT2D eigenvalue weighted by molar-refractivity contribution is 0.787. The Bertz CT molecular complexity index is 678. The van der Waals surface area contributed by atoms with Gasteiger partial charge in [-0.1, -0.05) is 11.6 Å². The normalized spacial score (nSPS) is 12.3. The maximum Gasteiger partial charge on any atom is 0.143 e. The fourth-order valence-electron chi connectivity index (χ4n) is 1.86. The number of aromatic amines is 1. The molecular weight excluding hydrogens is 278 g/mol. The third-order valence-electron chi connectivity index (χ3n) is 2.92. The first-order chi connectivity index (χ1) is 9.74. The molecule has 0 aliphatic carbocycles. The van der Waals surface area contributed by atoms with Crippen LogP contribution in [0.2, 0.25) is 5.02 Å². The van der Waals surface area contributed by atoms with Crippen molar-refractivity contribution in [1.29, 1.82) is 0 Å². The Morgan fingerprint density at radius 3 is 2.95 bits per heavy atom. The molecule has 8 heteroatoms. The minimum atomic E-state index is 0.0547. The monoisotopic (exact) mass is 289 g/mol. The number of H-pyrrole nitrogens is 1. The van der Waals surface area contributed by atoms with E-state index in [2.05, 4.69) is 31.0 Å². The summed E-state index contributed by atoms with van der Waals surface area (Å²) in [5, 5.41) is 21.9. The number of hydrogen-bond acceptors (Lipinski definition) is 5. The van der Waals surface area contributed by atoms with Gasteiger partial charge in [0.15, 0.2) is 0 Å². The highest BCUT2D eigenvalue weighted by Gasteiger charge is 2.10. The van der Waals surface area contributed by atoms with Gasteiger partial charge in [-0.3, -0.25) is 5.10 Å². The van der Waals surface area contributed by atoms with Crippen LogP contribution in [-0.2, 0) is 0 Å². The lowest BCUT2D eigenvalue weighted by Crippen LogP contribution is -2.08. The SMILES string of the molecule is CC(Nc1cc(-n2cnnn2)ccc1Cl)c1ccn[nH]1. The van der Waals surface area contributed by atoms with Crippen molar-refractivity contribution >= 4 is 17.3 Å². The van der Waals surface area contributed by atoms with Gasteiger partial charge in [0.25, 0.3) is 0 Å². The predicted molar refractivity (Wildman–Crippen MR) is 74.8 cm³/mol. The number of nitrogens with zero attached hydrogens (tertiary/aromatic N) is 5. The van der Waals surface area contributed by atoms with Gasteiger partial charge in [-0.25, -0.2) is 4.68 Å². The molecule has 20 heavy (non-hydrogen) atoms. The third-order valence-corrected chi connectivity index (χ3v) is 3.25. The van der Waals surface area contributed by atoms with Crippen LogP contribution < -0.4 is 5.32 Å². The number of rotatable bonds is 4. The molecule has 0 fully saturated rings. The van der Waals surface area contributed by atoms with E-state index < -0.39 is 0 Å². The van der Waals surface area contributed by atoms with Crippen LogP contribution in [-0.4, -0.2) is 30.4 Å². The first-order valence-electron chi connectivity index (χ1n) is 6.03. The van der Waals surface area contributed by atoms with Crippen LogP contribution in [0.1, 0.15) is 18.7 Å². The Morgan fingerprint density at radius 2 is 2.25 bits per heavy atom. The molecule has 0 bridgehead atoms. The van der Waals surface area contributed by atoms with E-state index in [-0.39, 0.29) is 6.04 Å². The number of halogens is 1. The van der Waals surface area contributed by atoms with Crippen LogP contribution >= 0.6 is 11.6 Å². The maximum absolute atomic E-state index is 6.21. The predicted octanol–water partition coefficient (Wildman–Crippen LogP) is 2.21. The molecule has 0 spiro atoms. The van der Waals surface area contributed by atoms with Crippen molar-refractivity contribution in [3.05, 3.63) is 47.5 Å². The van der Waals surface area contributed by atoms with Gasteiger partial charge in [0.05, 0.1) is 28.1 Å². The molecule has 7 nitrogen and oxygen atoms in total. The smallest absolute Gasteiger partial charge is 0.143 e. The molecule has 1 atom stereocenters. The second-order valence-corrected chi connectivity index (χ2v) is 4.70. The van der Waals surface area contributed by atoms with Crippen LogP contribution in [0, 0.1) is 0 Å². The van der Waals surface area contributed by atoms with E-state index in [0.717, 1.165) is 17.1 Å². The van der Waals surface area contributed by atoms with Crippen molar-refractivity contribution in [2.45, 2.75) is 13.0 Å². The zero-order chi connectivity index (χ0) is 13.9. The van der Waals surface area contributed by atoms with Crippen molar-refractivity contribution in [1.82, 2.24) is 30.4 Å². The molecule has 0 aliphatic rings. The number of anilines is 1. The van der Waals surface area contributed by atoms with Crippen molar-refractivity contribution in [2.24, 2.45) is 0 Å². The maximum atomic E-state index is 6.21. The number of nitrogens with one attached hydrogen (secondary N) is 2. The lowest BCUT2D eigenvalue weighted by atomic mass is 10.2. The van der Waals surface area contributed by atoms with E-state index in [1.54, 1.807) is 16.9 Å². The van der Waals surface area contributed by atoms with Crippen LogP contribution in [0.4, 0.5) is 5.69 Å². The molecule has 0 saturated carbocycles. The summed E-state index contributed by atoms with van der Waals surface area (Å²) in [5.74, 6) is 0. The fraction of sp³-hybridized carbons (Fsp3) is 0.167. The van der Waals surface area contributed by atoms with Crippen LogP contribution in [0.25, 0.3) is 5.69 Å². The topological polar surface area (TPSA) is 84.3 Å². The van der Waals surface area contributed by atoms with E-state index in [1.165, 1.54) is 6.33 Å². The van der Waals surface area contributed by atoms with E-state index >= 15 is 0 Å². The second kappa shape index (κ2) is 5.30. The molecule has 0 saturated heterocycles. The highest BCUT2D eigenvalue weighted by molar-refractivity contribution is 6.33. The number of hydrogen-bond donors (Lipinski definition) is 2. The summed E-state index contributed by atoms with van der Waals surface area (Å²) in [5.41, 5.74) is 2.62. The van der Waals surface area contributed by atoms with Gasteiger partial charge in [-0.2, -0.15) is 5.10 Å². The Morgan fingerprint density at radius 1 is 1.35 bits per heavy atom. The molecule has 2 aromatic heterocycles. The van der Waals surface area contributed by atoms with Crippen LogP contribution in [0.3, 0.4) is 0 Å². The largest absolute Gasteiger partial charge is 0.376 e. The van der Waals surface area contributed by atoms with E-state index in [0.29, 0.717) is 5.02 Å². The zero-order valence-electron chi connectivity index (χ0n) is 10.7. The molecule has 3 aromatic rings. The summed E-state index contributed by atoms with van der Waals surface area (Å²) in [7, 11) is 0. The van der Waals surface area contributed by atoms with Gasteiger partial charge in [-0.15, -0.1) is 5.10 Å². The molecular formula is C12H12ClN7. The summed E-state index contributed by atoms with van der Waals surface area (Å²) in [4.78, 5) is 0. The zero-order valence-corrected chi connectivity index (χ0v) is 11.4. The van der Waals surface area contributed by atoms with Gasteiger partial charge >= 0.3 is 0 Å². The average Bonchev–Trinajstić information content (AvgIpc) is 3.14. The first-order valence-corrected chi connectivity index (χ1v) is 6.40. The summed E-state index contributed by atoms with van der Waals surface area (Å²) in [6.07, 6.45) is 3.25. The van der Waals surface area contributed by atoms with Gasteiger partial charge in [-0.05, 0) is 41.6 Å². The Labute approximate surface area is 120 Å². The van der Waals surface area contributed by atoms with Gasteiger partial charge in [0, 0.05) is 6.20 Å². The second-order valence-electron chi connectivity index (χ2n) is 4.30. The minimum absolute atomic E-state index is 0.0547. The van der Waals surface area contributed by atoms with Crippen LogP contribution in [0.15, 0.2) is 36.8 Å². The summed E-state index contributed by atoms with van der Waals surface area (Å²) in [6, 6.07) is 7.52. The summed E-state index contributed by atoms with van der Waals surface area (Å²) in [6.45, 7) is 2.02.